The largest absolute Gasteiger partial charge is 0.486 e. The Kier molecular flexibility index (Phi) is 5.20. The van der Waals surface area contributed by atoms with E-state index in [1.807, 2.05) is 18.2 Å². The molecule has 0 aromatic heterocycles. The lowest BCUT2D eigenvalue weighted by atomic mass is 10.3. The molecule has 0 bridgehead atoms. The number of benzene rings is 2. The van der Waals surface area contributed by atoms with Gasteiger partial charge in [-0.2, -0.15) is 0 Å². The molecule has 3 rings (SSSR count). The van der Waals surface area contributed by atoms with E-state index in [-0.39, 0.29) is 11.7 Å². The Labute approximate surface area is 148 Å². The molecule has 0 atom stereocenters. The average molecular weight is 370 g/mol. The first-order chi connectivity index (χ1) is 11.1. The summed E-state index contributed by atoms with van der Waals surface area (Å²) >= 11 is 13.4. The number of carbonyl (C=O) groups is 1. The minimum absolute atomic E-state index is 0.158. The lowest BCUT2D eigenvalue weighted by Crippen LogP contribution is -2.15. The van der Waals surface area contributed by atoms with Gasteiger partial charge in [0.15, 0.2) is 11.5 Å². The lowest BCUT2D eigenvalue weighted by Gasteiger charge is -2.18. The van der Waals surface area contributed by atoms with Crippen LogP contribution in [0.5, 0.6) is 11.5 Å². The third-order valence-corrected chi connectivity index (χ3v) is 4.92. The summed E-state index contributed by atoms with van der Waals surface area (Å²) in [6, 6.07) is 10.7. The van der Waals surface area contributed by atoms with Crippen LogP contribution in [0.2, 0.25) is 10.0 Å². The number of thioether (sulfide) groups is 1. The molecular formula is C16H13Cl2NO3S. The Morgan fingerprint density at radius 3 is 2.74 bits per heavy atom. The third-order valence-electron chi connectivity index (χ3n) is 3.11. The van der Waals surface area contributed by atoms with Crippen molar-refractivity contribution >= 4 is 46.6 Å². The number of fused-ring (bicyclic) bond motifs is 1. The molecule has 1 amide bonds. The molecule has 0 fully saturated rings. The van der Waals surface area contributed by atoms with Crippen LogP contribution >= 0.6 is 35.0 Å². The van der Waals surface area contributed by atoms with Crippen molar-refractivity contribution in [3.63, 3.8) is 0 Å². The molecule has 0 unspecified atom stereocenters. The lowest BCUT2D eigenvalue weighted by molar-refractivity contribution is -0.113. The molecule has 0 saturated heterocycles. The van der Waals surface area contributed by atoms with Gasteiger partial charge in [0.1, 0.15) is 13.2 Å². The van der Waals surface area contributed by atoms with E-state index in [0.29, 0.717) is 34.7 Å². The zero-order chi connectivity index (χ0) is 16.2. The van der Waals surface area contributed by atoms with Crippen molar-refractivity contribution < 1.29 is 14.3 Å². The molecule has 2 aromatic carbocycles. The second kappa shape index (κ2) is 7.34. The molecule has 0 radical (unpaired) electrons. The van der Waals surface area contributed by atoms with Crippen LogP contribution in [-0.2, 0) is 4.79 Å². The van der Waals surface area contributed by atoms with E-state index in [2.05, 4.69) is 5.32 Å². The number of nitrogens with one attached hydrogen (secondary N) is 1. The summed E-state index contributed by atoms with van der Waals surface area (Å²) in [6.07, 6.45) is 0. The van der Waals surface area contributed by atoms with Gasteiger partial charge >= 0.3 is 0 Å². The van der Waals surface area contributed by atoms with Crippen molar-refractivity contribution in [2.75, 3.05) is 24.3 Å². The highest BCUT2D eigenvalue weighted by Gasteiger charge is 2.13. The van der Waals surface area contributed by atoms with Gasteiger partial charge in [0.25, 0.3) is 0 Å². The van der Waals surface area contributed by atoms with Crippen molar-refractivity contribution in [3.8, 4) is 11.5 Å². The van der Waals surface area contributed by atoms with Gasteiger partial charge in [-0.15, -0.1) is 11.8 Å². The molecule has 0 saturated carbocycles. The fourth-order valence-corrected chi connectivity index (χ4v) is 3.12. The highest BCUT2D eigenvalue weighted by molar-refractivity contribution is 8.00. The van der Waals surface area contributed by atoms with Gasteiger partial charge in [0, 0.05) is 4.90 Å². The van der Waals surface area contributed by atoms with Crippen LogP contribution in [-0.4, -0.2) is 24.9 Å². The van der Waals surface area contributed by atoms with E-state index in [1.54, 1.807) is 18.2 Å². The van der Waals surface area contributed by atoms with E-state index >= 15 is 0 Å². The van der Waals surface area contributed by atoms with Gasteiger partial charge in [-0.3, -0.25) is 4.79 Å². The van der Waals surface area contributed by atoms with Crippen LogP contribution in [0, 0.1) is 0 Å². The zero-order valence-electron chi connectivity index (χ0n) is 12.0. The Balaban J connectivity index is 1.60. The summed E-state index contributed by atoms with van der Waals surface area (Å²) in [6.45, 7) is 1.09. The highest BCUT2D eigenvalue weighted by atomic mass is 35.5. The van der Waals surface area contributed by atoms with Crippen molar-refractivity contribution in [1.82, 2.24) is 0 Å². The third kappa shape index (κ3) is 4.05. The number of rotatable bonds is 4. The molecule has 1 N–H and O–H groups in total. The van der Waals surface area contributed by atoms with E-state index in [4.69, 9.17) is 32.7 Å². The molecule has 0 spiro atoms. The highest BCUT2D eigenvalue weighted by Crippen LogP contribution is 2.34. The number of anilines is 1. The topological polar surface area (TPSA) is 47.6 Å². The Bertz CT molecular complexity index is 739. The number of carbonyl (C=O) groups excluding carboxylic acids is 1. The SMILES string of the molecule is O=C(CSc1ccc2c(c1)OCCO2)Nc1cccc(Cl)c1Cl. The first kappa shape index (κ1) is 16.3. The van der Waals surface area contributed by atoms with Crippen molar-refractivity contribution in [2.45, 2.75) is 4.90 Å². The van der Waals surface area contributed by atoms with Gasteiger partial charge in [-0.25, -0.2) is 0 Å². The molecule has 7 heteroatoms. The Morgan fingerprint density at radius 1 is 1.13 bits per heavy atom. The van der Waals surface area contributed by atoms with Gasteiger partial charge in [-0.1, -0.05) is 29.3 Å². The maximum Gasteiger partial charge on any atom is 0.234 e. The molecule has 0 aliphatic carbocycles. The molecule has 1 aliphatic rings. The molecule has 120 valence electrons. The normalized spacial score (nSPS) is 12.8. The first-order valence-electron chi connectivity index (χ1n) is 6.90. The molecule has 1 heterocycles. The molecule has 2 aromatic rings. The van der Waals surface area contributed by atoms with Crippen molar-refractivity contribution in [3.05, 3.63) is 46.4 Å². The zero-order valence-corrected chi connectivity index (χ0v) is 14.3. The second-order valence-electron chi connectivity index (χ2n) is 4.74. The summed E-state index contributed by atoms with van der Waals surface area (Å²) in [7, 11) is 0. The molecule has 23 heavy (non-hydrogen) atoms. The second-order valence-corrected chi connectivity index (χ2v) is 6.58. The van der Waals surface area contributed by atoms with Crippen LogP contribution in [0.25, 0.3) is 0 Å². The minimum atomic E-state index is -0.158. The summed E-state index contributed by atoms with van der Waals surface area (Å²) in [5.41, 5.74) is 0.506. The van der Waals surface area contributed by atoms with Crippen LogP contribution in [0.3, 0.4) is 0 Å². The van der Waals surface area contributed by atoms with Crippen LogP contribution < -0.4 is 14.8 Å². The van der Waals surface area contributed by atoms with Gasteiger partial charge in [0.2, 0.25) is 5.91 Å². The predicted molar refractivity (Wildman–Crippen MR) is 93.2 cm³/mol. The summed E-state index contributed by atoms with van der Waals surface area (Å²) in [5, 5.41) is 3.50. The average Bonchev–Trinajstić information content (AvgIpc) is 2.57. The number of amides is 1. The molecule has 1 aliphatic heterocycles. The fourth-order valence-electron chi connectivity index (χ4n) is 2.05. The summed E-state index contributed by atoms with van der Waals surface area (Å²) < 4.78 is 11.0. The maximum absolute atomic E-state index is 12.0. The van der Waals surface area contributed by atoms with Crippen molar-refractivity contribution in [1.29, 1.82) is 0 Å². The number of hydrogen-bond acceptors (Lipinski definition) is 4. The van der Waals surface area contributed by atoms with Crippen LogP contribution in [0.1, 0.15) is 0 Å². The van der Waals surface area contributed by atoms with Gasteiger partial charge < -0.3 is 14.8 Å². The van der Waals surface area contributed by atoms with Crippen LogP contribution in [0.15, 0.2) is 41.3 Å². The standard InChI is InChI=1S/C16H13Cl2NO3S/c17-11-2-1-3-12(16(11)18)19-15(20)9-23-10-4-5-13-14(8-10)22-7-6-21-13/h1-5,8H,6-7,9H2,(H,19,20). The summed E-state index contributed by atoms with van der Waals surface area (Å²) in [5.74, 6) is 1.53. The number of ether oxygens (including phenoxy) is 2. The summed E-state index contributed by atoms with van der Waals surface area (Å²) in [4.78, 5) is 13.0. The Morgan fingerprint density at radius 2 is 1.91 bits per heavy atom. The Hall–Kier alpha value is -1.56. The van der Waals surface area contributed by atoms with Crippen LogP contribution in [0.4, 0.5) is 5.69 Å². The van der Waals surface area contributed by atoms with Crippen molar-refractivity contribution in [2.24, 2.45) is 0 Å². The number of hydrogen-bond donors (Lipinski definition) is 1. The smallest absolute Gasteiger partial charge is 0.234 e. The van der Waals surface area contributed by atoms with Gasteiger partial charge in [-0.05, 0) is 30.3 Å². The van der Waals surface area contributed by atoms with E-state index in [1.165, 1.54) is 11.8 Å². The van der Waals surface area contributed by atoms with E-state index < -0.39 is 0 Å². The first-order valence-corrected chi connectivity index (χ1v) is 8.64. The quantitative estimate of drug-likeness (QED) is 0.806. The van der Waals surface area contributed by atoms with Gasteiger partial charge in [0.05, 0.1) is 21.5 Å². The monoisotopic (exact) mass is 369 g/mol. The molecular weight excluding hydrogens is 357 g/mol. The number of halogens is 2. The maximum atomic E-state index is 12.0. The predicted octanol–water partition coefficient (Wildman–Crippen LogP) is 4.50. The fraction of sp³-hybridized carbons (Fsp3) is 0.188. The van der Waals surface area contributed by atoms with E-state index in [9.17, 15) is 4.79 Å². The molecule has 4 nitrogen and oxygen atoms in total. The minimum Gasteiger partial charge on any atom is -0.486 e. The van der Waals surface area contributed by atoms with E-state index in [0.717, 1.165) is 10.6 Å².